The molecule has 2 aromatic rings. The molecule has 6 heteroatoms. The molecule has 4 nitrogen and oxygen atoms in total. The molecule has 0 unspecified atom stereocenters. The zero-order valence-corrected chi connectivity index (χ0v) is 10.8. The summed E-state index contributed by atoms with van der Waals surface area (Å²) in [6.45, 7) is 0. The zero-order chi connectivity index (χ0) is 14.7. The van der Waals surface area contributed by atoms with Gasteiger partial charge >= 0.3 is 5.97 Å². The van der Waals surface area contributed by atoms with Gasteiger partial charge in [0, 0.05) is 0 Å². The number of carbonyl (C=O) groups excluding carboxylic acids is 1. The van der Waals surface area contributed by atoms with Gasteiger partial charge in [0.1, 0.15) is 5.82 Å². The van der Waals surface area contributed by atoms with Crippen LogP contribution in [-0.2, 0) is 0 Å². The van der Waals surface area contributed by atoms with Crippen LogP contribution in [0.4, 0.5) is 10.1 Å². The number of carbonyl (C=O) groups is 2. The molecule has 0 aliphatic rings. The molecule has 0 saturated heterocycles. The Morgan fingerprint density at radius 1 is 1.10 bits per heavy atom. The lowest BCUT2D eigenvalue weighted by Crippen LogP contribution is -2.15. The smallest absolute Gasteiger partial charge is 0.337 e. The van der Waals surface area contributed by atoms with E-state index in [4.69, 9.17) is 16.7 Å². The minimum atomic E-state index is -1.26. The SMILES string of the molecule is O=C(Nc1cc(F)ccc1C(=O)O)c1ccccc1Cl. The number of halogens is 2. The van der Waals surface area contributed by atoms with E-state index in [-0.39, 0.29) is 21.8 Å². The quantitative estimate of drug-likeness (QED) is 0.911. The predicted octanol–water partition coefficient (Wildman–Crippen LogP) is 3.43. The van der Waals surface area contributed by atoms with Gasteiger partial charge in [0.25, 0.3) is 5.91 Å². The fourth-order valence-electron chi connectivity index (χ4n) is 1.64. The van der Waals surface area contributed by atoms with Crippen molar-refractivity contribution in [3.63, 3.8) is 0 Å². The van der Waals surface area contributed by atoms with Crippen molar-refractivity contribution < 1.29 is 19.1 Å². The lowest BCUT2D eigenvalue weighted by molar-refractivity contribution is 0.0698. The standard InChI is InChI=1S/C14H9ClFNO3/c15-11-4-2-1-3-9(11)13(18)17-12-7-8(16)5-6-10(12)14(19)20/h1-7H,(H,17,18)(H,19,20). The summed E-state index contributed by atoms with van der Waals surface area (Å²) in [4.78, 5) is 23.0. The summed E-state index contributed by atoms with van der Waals surface area (Å²) in [6, 6.07) is 9.32. The largest absolute Gasteiger partial charge is 0.478 e. The number of benzene rings is 2. The number of hydrogen-bond donors (Lipinski definition) is 2. The molecular weight excluding hydrogens is 285 g/mol. The Kier molecular flexibility index (Phi) is 4.00. The van der Waals surface area contributed by atoms with Crippen LogP contribution in [0.5, 0.6) is 0 Å². The zero-order valence-electron chi connectivity index (χ0n) is 10.1. The first-order chi connectivity index (χ1) is 9.49. The maximum atomic E-state index is 13.2. The van der Waals surface area contributed by atoms with Crippen LogP contribution in [-0.4, -0.2) is 17.0 Å². The molecule has 0 aromatic heterocycles. The Bertz CT molecular complexity index is 688. The molecule has 2 N–H and O–H groups in total. The molecule has 0 fully saturated rings. The minimum Gasteiger partial charge on any atom is -0.478 e. The van der Waals surface area contributed by atoms with Gasteiger partial charge < -0.3 is 10.4 Å². The third-order valence-electron chi connectivity index (χ3n) is 2.58. The molecule has 0 radical (unpaired) electrons. The molecular formula is C14H9ClFNO3. The number of amides is 1. The van der Waals surface area contributed by atoms with Crippen molar-refractivity contribution in [1.29, 1.82) is 0 Å². The highest BCUT2D eigenvalue weighted by Crippen LogP contribution is 2.21. The first kappa shape index (κ1) is 14.0. The van der Waals surface area contributed by atoms with Gasteiger partial charge in [-0.25, -0.2) is 9.18 Å². The number of hydrogen-bond acceptors (Lipinski definition) is 2. The maximum absolute atomic E-state index is 13.2. The summed E-state index contributed by atoms with van der Waals surface area (Å²) in [5, 5.41) is 11.6. The number of carboxylic acid groups (broad SMARTS) is 1. The Morgan fingerprint density at radius 2 is 1.80 bits per heavy atom. The van der Waals surface area contributed by atoms with Crippen LogP contribution in [0, 0.1) is 5.82 Å². The molecule has 0 bridgehead atoms. The number of rotatable bonds is 3. The van der Waals surface area contributed by atoms with Crippen molar-refractivity contribution in [3.05, 3.63) is 64.4 Å². The molecule has 0 aliphatic heterocycles. The van der Waals surface area contributed by atoms with Gasteiger partial charge in [0.15, 0.2) is 0 Å². The highest BCUT2D eigenvalue weighted by Gasteiger charge is 2.15. The molecule has 0 aliphatic carbocycles. The third-order valence-corrected chi connectivity index (χ3v) is 2.91. The van der Waals surface area contributed by atoms with Crippen molar-refractivity contribution in [2.24, 2.45) is 0 Å². The number of carboxylic acids is 1. The van der Waals surface area contributed by atoms with E-state index in [9.17, 15) is 14.0 Å². The first-order valence-corrected chi connectivity index (χ1v) is 5.95. The van der Waals surface area contributed by atoms with Crippen molar-refractivity contribution >= 4 is 29.2 Å². The third kappa shape index (κ3) is 2.95. The lowest BCUT2D eigenvalue weighted by Gasteiger charge is -2.09. The monoisotopic (exact) mass is 293 g/mol. The first-order valence-electron chi connectivity index (χ1n) is 5.58. The van der Waals surface area contributed by atoms with Crippen LogP contribution in [0.15, 0.2) is 42.5 Å². The molecule has 102 valence electrons. The molecule has 0 spiro atoms. The van der Waals surface area contributed by atoms with Gasteiger partial charge in [0.05, 0.1) is 21.8 Å². The summed E-state index contributed by atoms with van der Waals surface area (Å²) in [7, 11) is 0. The van der Waals surface area contributed by atoms with E-state index >= 15 is 0 Å². The van der Waals surface area contributed by atoms with Crippen molar-refractivity contribution in [2.45, 2.75) is 0 Å². The second-order valence-electron chi connectivity index (χ2n) is 3.93. The van der Waals surface area contributed by atoms with E-state index in [1.807, 2.05) is 0 Å². The highest BCUT2D eigenvalue weighted by atomic mass is 35.5. The average Bonchev–Trinajstić information content (AvgIpc) is 2.38. The van der Waals surface area contributed by atoms with E-state index in [1.54, 1.807) is 12.1 Å². The normalized spacial score (nSPS) is 10.1. The van der Waals surface area contributed by atoms with Crippen LogP contribution in [0.3, 0.4) is 0 Å². The maximum Gasteiger partial charge on any atom is 0.337 e. The second-order valence-corrected chi connectivity index (χ2v) is 4.34. The summed E-state index contributed by atoms with van der Waals surface area (Å²) in [5.41, 5.74) is -0.149. The van der Waals surface area contributed by atoms with E-state index < -0.39 is 17.7 Å². The van der Waals surface area contributed by atoms with Gasteiger partial charge in [-0.1, -0.05) is 23.7 Å². The van der Waals surface area contributed by atoms with Crippen LogP contribution >= 0.6 is 11.6 Å². The molecule has 2 aromatic carbocycles. The predicted molar refractivity (Wildman–Crippen MR) is 72.8 cm³/mol. The van der Waals surface area contributed by atoms with Gasteiger partial charge in [-0.3, -0.25) is 4.79 Å². The van der Waals surface area contributed by atoms with Crippen molar-refractivity contribution in [2.75, 3.05) is 5.32 Å². The Labute approximate surface area is 118 Å². The van der Waals surface area contributed by atoms with E-state index in [0.29, 0.717) is 0 Å². The lowest BCUT2D eigenvalue weighted by atomic mass is 10.1. The molecule has 20 heavy (non-hydrogen) atoms. The van der Waals surface area contributed by atoms with Gasteiger partial charge in [-0.2, -0.15) is 0 Å². The van der Waals surface area contributed by atoms with Gasteiger partial charge in [-0.05, 0) is 30.3 Å². The van der Waals surface area contributed by atoms with Gasteiger partial charge in [0.2, 0.25) is 0 Å². The van der Waals surface area contributed by atoms with Crippen LogP contribution in [0.2, 0.25) is 5.02 Å². The summed E-state index contributed by atoms with van der Waals surface area (Å²) in [5.74, 6) is -2.52. The second kappa shape index (κ2) is 5.71. The van der Waals surface area contributed by atoms with Crippen LogP contribution in [0.25, 0.3) is 0 Å². The summed E-state index contributed by atoms with van der Waals surface area (Å²) in [6.07, 6.45) is 0. The number of nitrogens with one attached hydrogen (secondary N) is 1. The van der Waals surface area contributed by atoms with E-state index in [2.05, 4.69) is 5.32 Å². The van der Waals surface area contributed by atoms with Crippen molar-refractivity contribution in [3.8, 4) is 0 Å². The molecule has 0 heterocycles. The topological polar surface area (TPSA) is 66.4 Å². The Morgan fingerprint density at radius 3 is 2.45 bits per heavy atom. The van der Waals surface area contributed by atoms with E-state index in [0.717, 1.165) is 18.2 Å². The Balaban J connectivity index is 2.35. The molecule has 2 rings (SSSR count). The number of anilines is 1. The average molecular weight is 294 g/mol. The van der Waals surface area contributed by atoms with E-state index in [1.165, 1.54) is 12.1 Å². The summed E-state index contributed by atoms with van der Waals surface area (Å²) < 4.78 is 13.2. The van der Waals surface area contributed by atoms with Gasteiger partial charge in [-0.15, -0.1) is 0 Å². The van der Waals surface area contributed by atoms with Crippen molar-refractivity contribution in [1.82, 2.24) is 0 Å². The fourth-order valence-corrected chi connectivity index (χ4v) is 1.86. The summed E-state index contributed by atoms with van der Waals surface area (Å²) >= 11 is 5.87. The molecule has 0 saturated carbocycles. The molecule has 0 atom stereocenters. The van der Waals surface area contributed by atoms with Crippen LogP contribution in [0.1, 0.15) is 20.7 Å². The minimum absolute atomic E-state index is 0.123. The highest BCUT2D eigenvalue weighted by molar-refractivity contribution is 6.34. The molecule has 1 amide bonds. The van der Waals surface area contributed by atoms with Crippen LogP contribution < -0.4 is 5.32 Å². The number of aromatic carboxylic acids is 1. The Hall–Kier alpha value is -2.40. The fraction of sp³-hybridized carbons (Fsp3) is 0.